The lowest BCUT2D eigenvalue weighted by atomic mass is 9.64. The Morgan fingerprint density at radius 3 is 2.71 bits per heavy atom. The molecule has 1 amide bonds. The van der Waals surface area contributed by atoms with Crippen LogP contribution in [0.2, 0.25) is 0 Å². The van der Waals surface area contributed by atoms with E-state index in [1.807, 2.05) is 17.8 Å². The summed E-state index contributed by atoms with van der Waals surface area (Å²) >= 11 is 1.90. The maximum atomic E-state index is 13.0. The van der Waals surface area contributed by atoms with Crippen molar-refractivity contribution in [1.29, 1.82) is 0 Å². The van der Waals surface area contributed by atoms with Crippen molar-refractivity contribution in [3.8, 4) is 0 Å². The second kappa shape index (κ2) is 6.43. The standard InChI is InChI=1S/C18H25NOS/c1-21-14-16-8-11-19(13-16)17(20)18(9-5-10-18)12-15-6-3-2-4-7-15/h2-4,6-7,16H,5,8-14H2,1H3. The average Bonchev–Trinajstić information content (AvgIpc) is 2.92. The predicted octanol–water partition coefficient (Wildman–Crippen LogP) is 3.61. The summed E-state index contributed by atoms with van der Waals surface area (Å²) < 4.78 is 0. The van der Waals surface area contributed by atoms with E-state index in [2.05, 4.69) is 35.4 Å². The van der Waals surface area contributed by atoms with Gasteiger partial charge in [0.25, 0.3) is 0 Å². The van der Waals surface area contributed by atoms with Crippen molar-refractivity contribution in [2.75, 3.05) is 25.1 Å². The number of benzene rings is 1. The fourth-order valence-corrected chi connectivity index (χ4v) is 4.52. The average molecular weight is 303 g/mol. The van der Waals surface area contributed by atoms with Gasteiger partial charge in [-0.1, -0.05) is 36.8 Å². The summed E-state index contributed by atoms with van der Waals surface area (Å²) in [4.78, 5) is 15.2. The molecule has 0 bridgehead atoms. The Balaban J connectivity index is 1.67. The van der Waals surface area contributed by atoms with E-state index >= 15 is 0 Å². The molecule has 1 aromatic rings. The predicted molar refractivity (Wildman–Crippen MR) is 89.5 cm³/mol. The quantitative estimate of drug-likeness (QED) is 0.828. The Labute approximate surface area is 132 Å². The van der Waals surface area contributed by atoms with E-state index in [1.165, 1.54) is 24.2 Å². The third kappa shape index (κ3) is 3.13. The fourth-order valence-electron chi connectivity index (χ4n) is 3.78. The van der Waals surface area contributed by atoms with Gasteiger partial charge in [-0.3, -0.25) is 4.79 Å². The summed E-state index contributed by atoms with van der Waals surface area (Å²) in [5.41, 5.74) is 1.22. The molecule has 2 nitrogen and oxygen atoms in total. The van der Waals surface area contributed by atoms with Gasteiger partial charge in [-0.2, -0.15) is 11.8 Å². The zero-order valence-electron chi connectivity index (χ0n) is 12.9. The summed E-state index contributed by atoms with van der Waals surface area (Å²) in [6.45, 7) is 1.96. The van der Waals surface area contributed by atoms with E-state index in [1.54, 1.807) is 0 Å². The summed E-state index contributed by atoms with van der Waals surface area (Å²) in [7, 11) is 0. The summed E-state index contributed by atoms with van der Waals surface area (Å²) in [5.74, 6) is 2.33. The van der Waals surface area contributed by atoms with Crippen LogP contribution in [0.3, 0.4) is 0 Å². The van der Waals surface area contributed by atoms with E-state index in [9.17, 15) is 4.79 Å². The molecule has 1 aliphatic carbocycles. The first-order valence-corrected chi connectivity index (χ1v) is 9.45. The van der Waals surface area contributed by atoms with E-state index in [-0.39, 0.29) is 5.41 Å². The van der Waals surface area contributed by atoms with Crippen LogP contribution in [0.25, 0.3) is 0 Å². The van der Waals surface area contributed by atoms with Gasteiger partial charge in [0.1, 0.15) is 0 Å². The molecule has 1 unspecified atom stereocenters. The van der Waals surface area contributed by atoms with Crippen LogP contribution < -0.4 is 0 Å². The van der Waals surface area contributed by atoms with Gasteiger partial charge < -0.3 is 4.90 Å². The number of carbonyl (C=O) groups excluding carboxylic acids is 1. The van der Waals surface area contributed by atoms with Crippen molar-refractivity contribution in [3.05, 3.63) is 35.9 Å². The molecule has 1 saturated carbocycles. The molecule has 0 spiro atoms. The minimum absolute atomic E-state index is 0.0877. The highest BCUT2D eigenvalue weighted by Gasteiger charge is 2.47. The Hall–Kier alpha value is -0.960. The molecule has 0 aromatic heterocycles. The van der Waals surface area contributed by atoms with Crippen molar-refractivity contribution in [3.63, 3.8) is 0 Å². The van der Waals surface area contributed by atoms with Gasteiger partial charge in [-0.05, 0) is 49.2 Å². The molecular weight excluding hydrogens is 278 g/mol. The van der Waals surface area contributed by atoms with Crippen molar-refractivity contribution in [2.24, 2.45) is 11.3 Å². The number of hydrogen-bond donors (Lipinski definition) is 0. The zero-order valence-corrected chi connectivity index (χ0v) is 13.7. The highest BCUT2D eigenvalue weighted by atomic mass is 32.2. The summed E-state index contributed by atoms with van der Waals surface area (Å²) in [5, 5.41) is 0. The molecule has 1 aromatic carbocycles. The number of nitrogens with zero attached hydrogens (tertiary/aromatic N) is 1. The molecule has 21 heavy (non-hydrogen) atoms. The van der Waals surface area contributed by atoms with Gasteiger partial charge in [-0.15, -0.1) is 0 Å². The largest absolute Gasteiger partial charge is 0.342 e. The second-order valence-electron chi connectivity index (χ2n) is 6.66. The van der Waals surface area contributed by atoms with Gasteiger partial charge in [0.15, 0.2) is 0 Å². The van der Waals surface area contributed by atoms with Crippen LogP contribution in [-0.2, 0) is 11.2 Å². The summed E-state index contributed by atoms with van der Waals surface area (Å²) in [6.07, 6.45) is 7.63. The molecule has 0 N–H and O–H groups in total. The van der Waals surface area contributed by atoms with E-state index in [0.717, 1.165) is 32.4 Å². The highest BCUT2D eigenvalue weighted by molar-refractivity contribution is 7.98. The molecule has 1 aliphatic heterocycles. The number of rotatable bonds is 5. The molecule has 114 valence electrons. The monoisotopic (exact) mass is 303 g/mol. The van der Waals surface area contributed by atoms with E-state index in [0.29, 0.717) is 11.8 Å². The number of likely N-dealkylation sites (tertiary alicyclic amines) is 1. The topological polar surface area (TPSA) is 20.3 Å². The maximum absolute atomic E-state index is 13.0. The van der Waals surface area contributed by atoms with Crippen molar-refractivity contribution >= 4 is 17.7 Å². The van der Waals surface area contributed by atoms with Crippen LogP contribution in [0.5, 0.6) is 0 Å². The van der Waals surface area contributed by atoms with Crippen LogP contribution in [0.4, 0.5) is 0 Å². The van der Waals surface area contributed by atoms with Crippen molar-refractivity contribution < 1.29 is 4.79 Å². The Bertz CT molecular complexity index is 483. The molecule has 1 saturated heterocycles. The third-order valence-electron chi connectivity index (χ3n) is 5.13. The lowest BCUT2D eigenvalue weighted by Crippen LogP contribution is -2.48. The maximum Gasteiger partial charge on any atom is 0.229 e. The normalized spacial score (nSPS) is 23.9. The molecule has 3 rings (SSSR count). The Morgan fingerprint density at radius 2 is 2.10 bits per heavy atom. The lowest BCUT2D eigenvalue weighted by Gasteiger charge is -2.43. The first kappa shape index (κ1) is 15.0. The molecule has 0 radical (unpaired) electrons. The third-order valence-corrected chi connectivity index (χ3v) is 5.93. The fraction of sp³-hybridized carbons (Fsp3) is 0.611. The number of hydrogen-bond acceptors (Lipinski definition) is 2. The van der Waals surface area contributed by atoms with Crippen molar-refractivity contribution in [2.45, 2.75) is 32.1 Å². The first-order valence-electron chi connectivity index (χ1n) is 8.06. The first-order chi connectivity index (χ1) is 10.2. The van der Waals surface area contributed by atoms with E-state index < -0.39 is 0 Å². The molecule has 2 fully saturated rings. The van der Waals surface area contributed by atoms with Gasteiger partial charge in [-0.25, -0.2) is 0 Å². The van der Waals surface area contributed by atoms with Gasteiger partial charge >= 0.3 is 0 Å². The molecular formula is C18H25NOS. The van der Waals surface area contributed by atoms with Crippen LogP contribution in [0, 0.1) is 11.3 Å². The highest BCUT2D eigenvalue weighted by Crippen LogP contribution is 2.46. The smallest absolute Gasteiger partial charge is 0.229 e. The van der Waals surface area contributed by atoms with Gasteiger partial charge in [0.05, 0.1) is 5.41 Å². The van der Waals surface area contributed by atoms with E-state index in [4.69, 9.17) is 0 Å². The molecule has 1 atom stereocenters. The van der Waals surface area contributed by atoms with Crippen molar-refractivity contribution in [1.82, 2.24) is 4.90 Å². The SMILES string of the molecule is CSCC1CCN(C(=O)C2(Cc3ccccc3)CCC2)C1. The van der Waals surface area contributed by atoms with Crippen LogP contribution in [0.1, 0.15) is 31.2 Å². The Morgan fingerprint density at radius 1 is 1.33 bits per heavy atom. The van der Waals surface area contributed by atoms with Crippen LogP contribution >= 0.6 is 11.8 Å². The number of amides is 1. The van der Waals surface area contributed by atoms with Gasteiger partial charge in [0, 0.05) is 13.1 Å². The molecule has 1 heterocycles. The second-order valence-corrected chi connectivity index (χ2v) is 7.57. The summed E-state index contributed by atoms with van der Waals surface area (Å²) in [6, 6.07) is 10.5. The van der Waals surface area contributed by atoms with Gasteiger partial charge in [0.2, 0.25) is 5.91 Å². The zero-order chi connectivity index (χ0) is 14.7. The minimum atomic E-state index is -0.0877. The Kier molecular flexibility index (Phi) is 4.58. The molecule has 2 aliphatic rings. The molecule has 3 heteroatoms. The van der Waals surface area contributed by atoms with Crippen LogP contribution in [-0.4, -0.2) is 35.9 Å². The number of carbonyl (C=O) groups is 1. The van der Waals surface area contributed by atoms with Crippen LogP contribution in [0.15, 0.2) is 30.3 Å². The lowest BCUT2D eigenvalue weighted by molar-refractivity contribution is -0.146. The number of thioether (sulfide) groups is 1. The minimum Gasteiger partial charge on any atom is -0.342 e.